The molecule has 120 valence electrons. The number of rotatable bonds is 3. The summed E-state index contributed by atoms with van der Waals surface area (Å²) in [5.74, 6) is 0.355. The third kappa shape index (κ3) is 3.00. The first-order valence-corrected chi connectivity index (χ1v) is 7.98. The molecule has 0 unspecified atom stereocenters. The third-order valence-electron chi connectivity index (χ3n) is 4.32. The zero-order chi connectivity index (χ0) is 15.6. The van der Waals surface area contributed by atoms with E-state index in [1.165, 1.54) is 22.5 Å². The number of amides is 1. The Labute approximate surface area is 134 Å². The second kappa shape index (κ2) is 6.14. The van der Waals surface area contributed by atoms with Crippen LogP contribution in [0.4, 0.5) is 0 Å². The molecular weight excluding hydrogens is 294 g/mol. The zero-order valence-electron chi connectivity index (χ0n) is 12.9. The van der Waals surface area contributed by atoms with Crippen molar-refractivity contribution in [3.8, 4) is 0 Å². The highest BCUT2D eigenvalue weighted by Crippen LogP contribution is 2.20. The van der Waals surface area contributed by atoms with Gasteiger partial charge in [-0.15, -0.1) is 0 Å². The van der Waals surface area contributed by atoms with Crippen LogP contribution in [0, 0.1) is 0 Å². The van der Waals surface area contributed by atoms with Crippen molar-refractivity contribution in [2.75, 3.05) is 19.7 Å². The summed E-state index contributed by atoms with van der Waals surface area (Å²) < 4.78 is 5.48. The van der Waals surface area contributed by atoms with E-state index in [0.717, 1.165) is 25.9 Å². The number of oxazole rings is 1. The van der Waals surface area contributed by atoms with E-state index in [2.05, 4.69) is 34.1 Å². The Morgan fingerprint density at radius 3 is 2.91 bits per heavy atom. The van der Waals surface area contributed by atoms with Crippen LogP contribution < -0.4 is 0 Å². The number of carbonyl (C=O) groups is 1. The first-order valence-electron chi connectivity index (χ1n) is 7.98. The summed E-state index contributed by atoms with van der Waals surface area (Å²) in [4.78, 5) is 24.1. The Bertz CT molecular complexity index is 707. The fourth-order valence-electron chi connectivity index (χ4n) is 3.10. The Morgan fingerprint density at radius 2 is 2.09 bits per heavy atom. The molecule has 6 heteroatoms. The number of hydroxylamine groups is 2. The van der Waals surface area contributed by atoms with E-state index >= 15 is 0 Å². The average molecular weight is 313 g/mol. The minimum atomic E-state index is -0.221. The first kappa shape index (κ1) is 14.4. The molecule has 0 N–H and O–H groups in total. The lowest BCUT2D eigenvalue weighted by Crippen LogP contribution is -2.30. The van der Waals surface area contributed by atoms with Crippen molar-refractivity contribution in [1.29, 1.82) is 0 Å². The highest BCUT2D eigenvalue weighted by Gasteiger charge is 2.24. The van der Waals surface area contributed by atoms with Gasteiger partial charge in [0.2, 0.25) is 5.89 Å². The van der Waals surface area contributed by atoms with E-state index in [0.29, 0.717) is 31.3 Å². The number of hydrogen-bond donors (Lipinski definition) is 0. The Morgan fingerprint density at radius 1 is 1.22 bits per heavy atom. The van der Waals surface area contributed by atoms with Gasteiger partial charge in [0.05, 0.1) is 19.7 Å². The molecule has 1 aromatic carbocycles. The first-order chi connectivity index (χ1) is 11.3. The van der Waals surface area contributed by atoms with Gasteiger partial charge in [0.1, 0.15) is 6.26 Å². The van der Waals surface area contributed by atoms with Crippen LogP contribution in [0.2, 0.25) is 0 Å². The van der Waals surface area contributed by atoms with E-state index in [1.807, 2.05) is 0 Å². The SMILES string of the molecule is O=C(c1coc(CN2CCc3ccccc3C2)n1)N1CCCO1. The van der Waals surface area contributed by atoms with E-state index in [-0.39, 0.29) is 5.91 Å². The number of nitrogens with zero attached hydrogens (tertiary/aromatic N) is 3. The predicted octanol–water partition coefficient (Wildman–Crippen LogP) is 2.01. The Hall–Kier alpha value is -2.18. The lowest BCUT2D eigenvalue weighted by molar-refractivity contribution is -0.0771. The molecule has 2 aliphatic rings. The van der Waals surface area contributed by atoms with Crippen molar-refractivity contribution in [3.05, 3.63) is 53.2 Å². The normalized spacial score (nSPS) is 18.2. The summed E-state index contributed by atoms with van der Waals surface area (Å²) in [7, 11) is 0. The van der Waals surface area contributed by atoms with Crippen LogP contribution in [0.3, 0.4) is 0 Å². The third-order valence-corrected chi connectivity index (χ3v) is 4.32. The van der Waals surface area contributed by atoms with E-state index in [1.54, 1.807) is 0 Å². The second-order valence-electron chi connectivity index (χ2n) is 5.95. The molecule has 23 heavy (non-hydrogen) atoms. The smallest absolute Gasteiger partial charge is 0.299 e. The summed E-state index contributed by atoms with van der Waals surface area (Å²) in [6.07, 6.45) is 3.32. The topological polar surface area (TPSA) is 58.8 Å². The van der Waals surface area contributed by atoms with Gasteiger partial charge in [0.15, 0.2) is 5.69 Å². The van der Waals surface area contributed by atoms with E-state index in [4.69, 9.17) is 9.25 Å². The molecular formula is C17H19N3O3. The van der Waals surface area contributed by atoms with Crippen LogP contribution in [-0.2, 0) is 24.3 Å². The van der Waals surface area contributed by atoms with Crippen molar-refractivity contribution in [3.63, 3.8) is 0 Å². The van der Waals surface area contributed by atoms with Gasteiger partial charge in [-0.3, -0.25) is 14.5 Å². The van der Waals surface area contributed by atoms with E-state index in [9.17, 15) is 4.79 Å². The largest absolute Gasteiger partial charge is 0.447 e. The highest BCUT2D eigenvalue weighted by atomic mass is 16.7. The zero-order valence-corrected chi connectivity index (χ0v) is 12.9. The molecule has 0 radical (unpaired) electrons. The molecule has 4 rings (SSSR count). The predicted molar refractivity (Wildman–Crippen MR) is 82.4 cm³/mol. The fourth-order valence-corrected chi connectivity index (χ4v) is 3.10. The summed E-state index contributed by atoms with van der Waals surface area (Å²) in [6, 6.07) is 8.50. The summed E-state index contributed by atoms with van der Waals surface area (Å²) in [5.41, 5.74) is 3.09. The van der Waals surface area contributed by atoms with Crippen molar-refractivity contribution < 1.29 is 14.0 Å². The number of aromatic nitrogens is 1. The van der Waals surface area contributed by atoms with Crippen LogP contribution in [0.5, 0.6) is 0 Å². The summed E-state index contributed by atoms with van der Waals surface area (Å²) >= 11 is 0. The highest BCUT2D eigenvalue weighted by molar-refractivity contribution is 5.91. The van der Waals surface area contributed by atoms with Crippen LogP contribution in [0.25, 0.3) is 0 Å². The second-order valence-corrected chi connectivity index (χ2v) is 5.95. The molecule has 2 aliphatic heterocycles. The van der Waals surface area contributed by atoms with Gasteiger partial charge in [-0.2, -0.15) is 0 Å². The van der Waals surface area contributed by atoms with Crippen molar-refractivity contribution in [1.82, 2.24) is 14.9 Å². The molecule has 1 aromatic heterocycles. The van der Waals surface area contributed by atoms with Gasteiger partial charge in [0.25, 0.3) is 5.91 Å². The maximum atomic E-state index is 12.2. The summed E-state index contributed by atoms with van der Waals surface area (Å²) in [6.45, 7) is 3.67. The van der Waals surface area contributed by atoms with Crippen LogP contribution >= 0.6 is 0 Å². The molecule has 0 saturated carbocycles. The molecule has 1 fully saturated rings. The van der Waals surface area contributed by atoms with E-state index < -0.39 is 0 Å². The lowest BCUT2D eigenvalue weighted by atomic mass is 10.00. The molecule has 0 atom stereocenters. The van der Waals surface area contributed by atoms with Crippen molar-refractivity contribution in [2.45, 2.75) is 25.9 Å². The van der Waals surface area contributed by atoms with Crippen molar-refractivity contribution in [2.24, 2.45) is 0 Å². The van der Waals surface area contributed by atoms with Crippen LogP contribution in [0.1, 0.15) is 33.9 Å². The molecule has 6 nitrogen and oxygen atoms in total. The minimum Gasteiger partial charge on any atom is -0.447 e. The van der Waals surface area contributed by atoms with Gasteiger partial charge >= 0.3 is 0 Å². The summed E-state index contributed by atoms with van der Waals surface area (Å²) in [5, 5.41) is 1.36. The quantitative estimate of drug-likeness (QED) is 0.867. The minimum absolute atomic E-state index is 0.221. The van der Waals surface area contributed by atoms with Crippen LogP contribution in [0.15, 0.2) is 34.9 Å². The molecule has 1 saturated heterocycles. The number of fused-ring (bicyclic) bond motifs is 1. The van der Waals surface area contributed by atoms with Crippen LogP contribution in [-0.4, -0.2) is 40.6 Å². The van der Waals surface area contributed by atoms with Gasteiger partial charge in [-0.1, -0.05) is 24.3 Å². The Balaban J connectivity index is 1.41. The Kier molecular flexibility index (Phi) is 3.85. The number of carbonyl (C=O) groups excluding carboxylic acids is 1. The lowest BCUT2D eigenvalue weighted by Gasteiger charge is -2.27. The molecule has 0 aliphatic carbocycles. The van der Waals surface area contributed by atoms with Gasteiger partial charge < -0.3 is 4.42 Å². The fraction of sp³-hybridized carbons (Fsp3) is 0.412. The van der Waals surface area contributed by atoms with Gasteiger partial charge in [-0.05, 0) is 24.0 Å². The molecule has 1 amide bonds. The maximum absolute atomic E-state index is 12.2. The standard InChI is InChI=1S/C17H19N3O3/c21-17(20-7-3-9-23-20)15-12-22-16(18-15)11-19-8-6-13-4-1-2-5-14(13)10-19/h1-2,4-5,12H,3,6-11H2. The molecule has 2 aromatic rings. The van der Waals surface area contributed by atoms with Gasteiger partial charge in [-0.25, -0.2) is 10.0 Å². The maximum Gasteiger partial charge on any atom is 0.299 e. The monoisotopic (exact) mass is 313 g/mol. The average Bonchev–Trinajstić information content (AvgIpc) is 3.26. The number of hydrogen-bond acceptors (Lipinski definition) is 5. The van der Waals surface area contributed by atoms with Crippen molar-refractivity contribution >= 4 is 5.91 Å². The molecule has 0 bridgehead atoms. The molecule has 0 spiro atoms. The van der Waals surface area contributed by atoms with Gasteiger partial charge in [0, 0.05) is 13.1 Å². The number of benzene rings is 1. The molecule has 3 heterocycles.